The Bertz CT molecular complexity index is 634. The van der Waals surface area contributed by atoms with Crippen molar-refractivity contribution in [2.75, 3.05) is 26.2 Å². The highest BCUT2D eigenvalue weighted by Gasteiger charge is 2.24. The Hall–Kier alpha value is -0.910. The molecular weight excluding hydrogens is 418 g/mol. The molecule has 1 aromatic carbocycles. The van der Waals surface area contributed by atoms with Crippen molar-refractivity contribution in [2.45, 2.75) is 117 Å². The molecule has 4 nitrogen and oxygen atoms in total. The third kappa shape index (κ3) is 15.0. The fraction of sp³-hybridized carbons (Fsp3) is 0.778. The lowest BCUT2D eigenvalue weighted by Gasteiger charge is -2.39. The van der Waals surface area contributed by atoms with E-state index in [1.165, 1.54) is 120 Å². The summed E-state index contributed by atoms with van der Waals surface area (Å²) in [5.74, 6) is 0. The predicted octanol–water partition coefficient (Wildman–Crippen LogP) is 7.46. The van der Waals surface area contributed by atoms with Crippen LogP contribution in [-0.4, -0.2) is 43.6 Å². The fourth-order valence-corrected chi connectivity index (χ4v) is 4.55. The molecule has 0 atom stereocenters. The molecule has 0 aliphatic heterocycles. The van der Waals surface area contributed by atoms with Crippen LogP contribution in [0, 0.1) is 6.92 Å². The Morgan fingerprint density at radius 2 is 1.00 bits per heavy atom. The van der Waals surface area contributed by atoms with Gasteiger partial charge in [-0.3, -0.25) is 0 Å². The first-order valence-corrected chi connectivity index (χ1v) is 14.5. The number of quaternary nitrogens is 1. The largest absolute Gasteiger partial charge is 0.744 e. The Morgan fingerprint density at radius 1 is 0.625 bits per heavy atom. The van der Waals surface area contributed by atoms with Gasteiger partial charge in [0.25, 0.3) is 0 Å². The first-order valence-electron chi connectivity index (χ1n) is 13.1. The smallest absolute Gasteiger partial charge is 0.124 e. The number of benzene rings is 1. The second kappa shape index (κ2) is 18.5. The molecule has 0 unspecified atom stereocenters. The van der Waals surface area contributed by atoms with E-state index in [0.29, 0.717) is 0 Å². The van der Waals surface area contributed by atoms with Crippen LogP contribution in [0.15, 0.2) is 29.2 Å². The maximum absolute atomic E-state index is 10.4. The zero-order valence-electron chi connectivity index (χ0n) is 21.7. The van der Waals surface area contributed by atoms with E-state index in [1.807, 2.05) is 6.92 Å². The van der Waals surface area contributed by atoms with Crippen molar-refractivity contribution in [1.29, 1.82) is 0 Å². The molecule has 0 bridgehead atoms. The summed E-state index contributed by atoms with van der Waals surface area (Å²) in [6, 6.07) is 5.78. The van der Waals surface area contributed by atoms with Gasteiger partial charge in [-0.1, -0.05) is 90.3 Å². The van der Waals surface area contributed by atoms with Crippen LogP contribution in [0.2, 0.25) is 0 Å². The van der Waals surface area contributed by atoms with Crippen molar-refractivity contribution >= 4 is 10.1 Å². The van der Waals surface area contributed by atoms with E-state index in [-0.39, 0.29) is 4.90 Å². The first kappa shape index (κ1) is 31.1. The molecule has 0 saturated carbocycles. The number of hydrogen-bond acceptors (Lipinski definition) is 3. The van der Waals surface area contributed by atoms with E-state index in [1.54, 1.807) is 12.1 Å². The second-order valence-electron chi connectivity index (χ2n) is 9.33. The van der Waals surface area contributed by atoms with Gasteiger partial charge in [0, 0.05) is 0 Å². The van der Waals surface area contributed by atoms with Crippen LogP contribution < -0.4 is 0 Å². The summed E-state index contributed by atoms with van der Waals surface area (Å²) >= 11 is 0. The van der Waals surface area contributed by atoms with E-state index in [0.717, 1.165) is 5.56 Å². The Morgan fingerprint density at radius 3 is 1.41 bits per heavy atom. The molecule has 0 fully saturated rings. The molecule has 0 radical (unpaired) electrons. The summed E-state index contributed by atoms with van der Waals surface area (Å²) in [6.07, 6.45) is 17.0. The summed E-state index contributed by atoms with van der Waals surface area (Å²) < 4.78 is 32.6. The molecule has 0 saturated heterocycles. The van der Waals surface area contributed by atoms with E-state index < -0.39 is 10.1 Å². The van der Waals surface area contributed by atoms with Crippen molar-refractivity contribution in [2.24, 2.45) is 0 Å². The molecule has 188 valence electrons. The molecule has 0 heterocycles. The highest BCUT2D eigenvalue weighted by molar-refractivity contribution is 7.85. The summed E-state index contributed by atoms with van der Waals surface area (Å²) in [5.41, 5.74) is 0.928. The van der Waals surface area contributed by atoms with Gasteiger partial charge >= 0.3 is 0 Å². The number of aryl methyl sites for hydroxylation is 1. The lowest BCUT2D eigenvalue weighted by Crippen LogP contribution is -2.50. The van der Waals surface area contributed by atoms with Gasteiger partial charge in [0.1, 0.15) is 10.1 Å². The van der Waals surface area contributed by atoms with Gasteiger partial charge in [-0.25, -0.2) is 8.42 Å². The van der Waals surface area contributed by atoms with E-state index in [9.17, 15) is 13.0 Å². The molecule has 1 aromatic rings. The minimum atomic E-state index is -4.27. The third-order valence-electron chi connectivity index (χ3n) is 6.25. The van der Waals surface area contributed by atoms with Crippen molar-refractivity contribution in [3.63, 3.8) is 0 Å². The van der Waals surface area contributed by atoms with Crippen LogP contribution >= 0.6 is 0 Å². The maximum Gasteiger partial charge on any atom is 0.124 e. The topological polar surface area (TPSA) is 57.2 Å². The van der Waals surface area contributed by atoms with Gasteiger partial charge < -0.3 is 9.04 Å². The van der Waals surface area contributed by atoms with Gasteiger partial charge in [-0.15, -0.1) is 0 Å². The molecule has 0 spiro atoms. The van der Waals surface area contributed by atoms with Crippen LogP contribution in [0.5, 0.6) is 0 Å². The van der Waals surface area contributed by atoms with Crippen molar-refractivity contribution in [1.82, 2.24) is 0 Å². The molecule has 32 heavy (non-hydrogen) atoms. The average molecular weight is 470 g/mol. The van der Waals surface area contributed by atoms with E-state index >= 15 is 0 Å². The highest BCUT2D eigenvalue weighted by atomic mass is 32.2. The van der Waals surface area contributed by atoms with Crippen LogP contribution in [-0.2, 0) is 10.1 Å². The van der Waals surface area contributed by atoms with Gasteiger partial charge in [0.15, 0.2) is 0 Å². The zero-order chi connectivity index (χ0) is 24.3. The number of hydrogen-bond donors (Lipinski definition) is 0. The molecule has 0 amide bonds. The Kier molecular flexibility index (Phi) is 18.0. The summed E-state index contributed by atoms with van der Waals surface area (Å²) in [5, 5.41) is 0. The molecule has 0 aromatic heterocycles. The van der Waals surface area contributed by atoms with E-state index in [2.05, 4.69) is 27.7 Å². The Labute approximate surface area is 200 Å². The SMILES string of the molecule is CCCCCCCC[N+](CCCC)(CCCC)CCCC.Cc1ccc(S(=O)(=O)[O-])cc1. The standard InChI is InChI=1S/C20H44N.C7H8O3S/c1-5-9-13-14-15-16-20-21(17-10-6-2,18-11-7-3)19-12-8-4;1-6-2-4-7(5-3-6)11(8,9)10/h5-20H2,1-4H3;2-5H,1H3,(H,8,9,10)/q+1;/p-1. The molecule has 0 aliphatic rings. The van der Waals surface area contributed by atoms with Crippen molar-refractivity contribution in [3.05, 3.63) is 29.8 Å². The summed E-state index contributed by atoms with van der Waals surface area (Å²) in [6.45, 7) is 16.9. The molecule has 0 N–H and O–H groups in total. The normalized spacial score (nSPS) is 11.8. The number of nitrogens with zero attached hydrogens (tertiary/aromatic N) is 1. The zero-order valence-corrected chi connectivity index (χ0v) is 22.5. The maximum atomic E-state index is 10.4. The quantitative estimate of drug-likeness (QED) is 0.135. The van der Waals surface area contributed by atoms with Gasteiger partial charge in [-0.2, -0.15) is 0 Å². The minimum Gasteiger partial charge on any atom is -0.744 e. The van der Waals surface area contributed by atoms with E-state index in [4.69, 9.17) is 0 Å². The predicted molar refractivity (Wildman–Crippen MR) is 137 cm³/mol. The lowest BCUT2D eigenvalue weighted by atomic mass is 10.1. The summed E-state index contributed by atoms with van der Waals surface area (Å²) in [4.78, 5) is -0.178. The van der Waals surface area contributed by atoms with Gasteiger partial charge in [-0.05, 0) is 51.2 Å². The number of rotatable bonds is 17. The van der Waals surface area contributed by atoms with Crippen LogP contribution in [0.4, 0.5) is 0 Å². The van der Waals surface area contributed by atoms with Crippen molar-refractivity contribution in [3.8, 4) is 0 Å². The second-order valence-corrected chi connectivity index (χ2v) is 10.7. The third-order valence-corrected chi connectivity index (χ3v) is 7.10. The lowest BCUT2D eigenvalue weighted by molar-refractivity contribution is -0.929. The highest BCUT2D eigenvalue weighted by Crippen LogP contribution is 2.17. The average Bonchev–Trinajstić information content (AvgIpc) is 2.77. The van der Waals surface area contributed by atoms with Crippen LogP contribution in [0.1, 0.15) is 110 Å². The number of unbranched alkanes of at least 4 members (excludes halogenated alkanes) is 8. The molecule has 0 aliphatic carbocycles. The van der Waals surface area contributed by atoms with Crippen molar-refractivity contribution < 1.29 is 17.5 Å². The van der Waals surface area contributed by atoms with Crippen LogP contribution in [0.25, 0.3) is 0 Å². The van der Waals surface area contributed by atoms with Crippen LogP contribution in [0.3, 0.4) is 0 Å². The monoisotopic (exact) mass is 469 g/mol. The Balaban J connectivity index is 0.000000726. The van der Waals surface area contributed by atoms with Gasteiger partial charge in [0.2, 0.25) is 0 Å². The molecule has 5 heteroatoms. The molecular formula is C27H51NO3S. The minimum absolute atomic E-state index is 0.178. The summed E-state index contributed by atoms with van der Waals surface area (Å²) in [7, 11) is -4.27. The molecule has 1 rings (SSSR count). The van der Waals surface area contributed by atoms with Gasteiger partial charge in [0.05, 0.1) is 31.1 Å². The fourth-order valence-electron chi connectivity index (χ4n) is 4.08. The first-order chi connectivity index (χ1) is 15.2.